The smallest absolute Gasteiger partial charge is 0.145 e. The van der Waals surface area contributed by atoms with Crippen LogP contribution in [0.2, 0.25) is 5.02 Å². The summed E-state index contributed by atoms with van der Waals surface area (Å²) in [5.74, 6) is 1.31. The molecule has 0 amide bonds. The number of anilines is 1. The van der Waals surface area contributed by atoms with Gasteiger partial charge < -0.3 is 14.8 Å². The van der Waals surface area contributed by atoms with E-state index in [1.54, 1.807) is 24.6 Å². The molecule has 0 unspecified atom stereocenters. The molecule has 0 fully saturated rings. The molecular formula is C12H12BrClN2O2. The molecule has 1 atom stereocenters. The summed E-state index contributed by atoms with van der Waals surface area (Å²) in [5, 5.41) is 12.8. The van der Waals surface area contributed by atoms with Crippen LogP contribution < -0.4 is 5.32 Å². The van der Waals surface area contributed by atoms with Crippen LogP contribution in [0, 0.1) is 0 Å². The van der Waals surface area contributed by atoms with Crippen LogP contribution in [0.5, 0.6) is 0 Å². The van der Waals surface area contributed by atoms with E-state index in [1.807, 2.05) is 6.07 Å². The van der Waals surface area contributed by atoms with Gasteiger partial charge in [0.25, 0.3) is 0 Å². The first-order chi connectivity index (χ1) is 8.70. The van der Waals surface area contributed by atoms with Crippen molar-refractivity contribution in [1.29, 1.82) is 0 Å². The van der Waals surface area contributed by atoms with Crippen LogP contribution in [0.3, 0.4) is 0 Å². The van der Waals surface area contributed by atoms with Gasteiger partial charge in [-0.2, -0.15) is 0 Å². The number of aliphatic hydroxyl groups excluding tert-OH is 1. The Balaban J connectivity index is 2.18. The summed E-state index contributed by atoms with van der Waals surface area (Å²) in [6.45, 7) is 0.0481. The van der Waals surface area contributed by atoms with Crippen LogP contribution in [0.25, 0.3) is 0 Å². The highest BCUT2D eigenvalue weighted by molar-refractivity contribution is 9.10. The first-order valence-electron chi connectivity index (χ1n) is 5.42. The van der Waals surface area contributed by atoms with E-state index in [0.717, 1.165) is 10.2 Å². The van der Waals surface area contributed by atoms with Gasteiger partial charge in [-0.25, -0.2) is 4.98 Å². The molecule has 0 saturated heterocycles. The summed E-state index contributed by atoms with van der Waals surface area (Å²) in [4.78, 5) is 4.20. The van der Waals surface area contributed by atoms with Gasteiger partial charge in [-0.1, -0.05) is 11.6 Å². The number of hydrogen-bond donors (Lipinski definition) is 2. The highest BCUT2D eigenvalue weighted by Gasteiger charge is 2.15. The molecule has 0 aromatic carbocycles. The lowest BCUT2D eigenvalue weighted by molar-refractivity contribution is 0.273. The minimum Gasteiger partial charge on any atom is -0.467 e. The fourth-order valence-corrected chi connectivity index (χ4v) is 2.27. The van der Waals surface area contributed by atoms with Crippen molar-refractivity contribution in [1.82, 2.24) is 4.98 Å². The van der Waals surface area contributed by atoms with Gasteiger partial charge in [0, 0.05) is 17.3 Å². The third kappa shape index (κ3) is 3.25. The summed E-state index contributed by atoms with van der Waals surface area (Å²) >= 11 is 9.39. The Hall–Kier alpha value is -1.04. The zero-order valence-corrected chi connectivity index (χ0v) is 11.8. The molecule has 2 heterocycles. The fraction of sp³-hybridized carbons (Fsp3) is 0.250. The second-order valence-corrected chi connectivity index (χ2v) is 5.03. The van der Waals surface area contributed by atoms with Crippen molar-refractivity contribution in [3.05, 3.63) is 45.9 Å². The van der Waals surface area contributed by atoms with Crippen LogP contribution in [0.4, 0.5) is 5.82 Å². The van der Waals surface area contributed by atoms with Gasteiger partial charge in [0.15, 0.2) is 0 Å². The number of aliphatic hydroxyl groups is 1. The maximum atomic E-state index is 9.08. The number of halogens is 2. The summed E-state index contributed by atoms with van der Waals surface area (Å²) in [5.41, 5.74) is 0. The molecule has 6 heteroatoms. The molecule has 2 aromatic rings. The first-order valence-corrected chi connectivity index (χ1v) is 6.59. The second-order valence-electron chi connectivity index (χ2n) is 3.71. The van der Waals surface area contributed by atoms with Crippen molar-refractivity contribution in [2.75, 3.05) is 11.9 Å². The van der Waals surface area contributed by atoms with E-state index in [9.17, 15) is 0 Å². The lowest BCUT2D eigenvalue weighted by Crippen LogP contribution is -2.13. The zero-order chi connectivity index (χ0) is 13.0. The Kier molecular flexibility index (Phi) is 4.63. The molecule has 2 rings (SSSR count). The SMILES string of the molecule is OCC[C@@H](Nc1ncc(Br)cc1Cl)c1ccco1. The zero-order valence-electron chi connectivity index (χ0n) is 9.44. The van der Waals surface area contributed by atoms with Gasteiger partial charge in [0.05, 0.1) is 17.3 Å². The van der Waals surface area contributed by atoms with E-state index in [1.165, 1.54) is 0 Å². The Labute approximate surface area is 118 Å². The molecule has 18 heavy (non-hydrogen) atoms. The number of hydrogen-bond acceptors (Lipinski definition) is 4. The molecule has 0 aliphatic heterocycles. The molecule has 0 aliphatic rings. The van der Waals surface area contributed by atoms with Gasteiger partial charge in [0.2, 0.25) is 0 Å². The molecule has 2 N–H and O–H groups in total. The average Bonchev–Trinajstić information content (AvgIpc) is 2.85. The maximum absolute atomic E-state index is 9.08. The fourth-order valence-electron chi connectivity index (χ4n) is 1.59. The minimum atomic E-state index is -0.156. The monoisotopic (exact) mass is 330 g/mol. The standard InChI is InChI=1S/C12H12BrClN2O2/c13-8-6-9(14)12(15-7-8)16-10(3-4-17)11-2-1-5-18-11/h1-2,5-7,10,17H,3-4H2,(H,15,16)/t10-/m1/s1. The Morgan fingerprint density at radius 1 is 1.56 bits per heavy atom. The Bertz CT molecular complexity index is 505. The summed E-state index contributed by atoms with van der Waals surface area (Å²) in [7, 11) is 0. The number of nitrogens with zero attached hydrogens (tertiary/aromatic N) is 1. The van der Waals surface area contributed by atoms with Crippen molar-refractivity contribution >= 4 is 33.3 Å². The van der Waals surface area contributed by atoms with E-state index in [4.69, 9.17) is 21.1 Å². The lowest BCUT2D eigenvalue weighted by atomic mass is 10.1. The molecule has 0 radical (unpaired) electrons. The predicted octanol–water partition coefficient (Wildman–Crippen LogP) is 3.63. The maximum Gasteiger partial charge on any atom is 0.145 e. The highest BCUT2D eigenvalue weighted by atomic mass is 79.9. The highest BCUT2D eigenvalue weighted by Crippen LogP contribution is 2.28. The quantitative estimate of drug-likeness (QED) is 0.878. The van der Waals surface area contributed by atoms with E-state index in [2.05, 4.69) is 26.2 Å². The largest absolute Gasteiger partial charge is 0.467 e. The van der Waals surface area contributed by atoms with E-state index in [0.29, 0.717) is 17.3 Å². The molecule has 0 bridgehead atoms. The van der Waals surface area contributed by atoms with Crippen LogP contribution in [0.15, 0.2) is 39.5 Å². The number of nitrogens with one attached hydrogen (secondary N) is 1. The molecule has 4 nitrogen and oxygen atoms in total. The first kappa shape index (κ1) is 13.4. The molecule has 96 valence electrons. The van der Waals surface area contributed by atoms with Gasteiger partial charge in [-0.05, 0) is 40.5 Å². The summed E-state index contributed by atoms with van der Waals surface area (Å²) in [6.07, 6.45) is 3.77. The average molecular weight is 332 g/mol. The third-order valence-electron chi connectivity index (χ3n) is 2.42. The topological polar surface area (TPSA) is 58.3 Å². The second kappa shape index (κ2) is 6.22. The van der Waals surface area contributed by atoms with Crippen molar-refractivity contribution in [3.8, 4) is 0 Å². The van der Waals surface area contributed by atoms with E-state index in [-0.39, 0.29) is 12.6 Å². The molecule has 0 spiro atoms. The Morgan fingerprint density at radius 3 is 3.00 bits per heavy atom. The van der Waals surface area contributed by atoms with Gasteiger partial charge in [-0.15, -0.1) is 0 Å². The van der Waals surface area contributed by atoms with Gasteiger partial charge in [-0.3, -0.25) is 0 Å². The van der Waals surface area contributed by atoms with E-state index >= 15 is 0 Å². The van der Waals surface area contributed by atoms with Gasteiger partial charge >= 0.3 is 0 Å². The summed E-state index contributed by atoms with van der Waals surface area (Å²) < 4.78 is 6.14. The summed E-state index contributed by atoms with van der Waals surface area (Å²) in [6, 6.07) is 5.25. The number of furan rings is 1. The normalized spacial score (nSPS) is 12.4. The molecule has 0 saturated carbocycles. The van der Waals surface area contributed by atoms with Crippen molar-refractivity contribution in [2.45, 2.75) is 12.5 Å². The van der Waals surface area contributed by atoms with Gasteiger partial charge in [0.1, 0.15) is 11.6 Å². The van der Waals surface area contributed by atoms with Crippen LogP contribution in [-0.2, 0) is 0 Å². The molecule has 2 aromatic heterocycles. The molecule has 0 aliphatic carbocycles. The number of pyridine rings is 1. The Morgan fingerprint density at radius 2 is 2.39 bits per heavy atom. The van der Waals surface area contributed by atoms with Crippen molar-refractivity contribution in [3.63, 3.8) is 0 Å². The van der Waals surface area contributed by atoms with E-state index < -0.39 is 0 Å². The lowest BCUT2D eigenvalue weighted by Gasteiger charge is -2.17. The predicted molar refractivity (Wildman–Crippen MR) is 73.7 cm³/mol. The minimum absolute atomic E-state index is 0.0481. The third-order valence-corrected chi connectivity index (χ3v) is 3.14. The van der Waals surface area contributed by atoms with Crippen LogP contribution in [-0.4, -0.2) is 16.7 Å². The van der Waals surface area contributed by atoms with Crippen molar-refractivity contribution in [2.24, 2.45) is 0 Å². The molecular weight excluding hydrogens is 320 g/mol. The number of aromatic nitrogens is 1. The van der Waals surface area contributed by atoms with Crippen molar-refractivity contribution < 1.29 is 9.52 Å². The number of rotatable bonds is 5. The van der Waals surface area contributed by atoms with Crippen LogP contribution in [0.1, 0.15) is 18.2 Å². The van der Waals surface area contributed by atoms with Crippen LogP contribution >= 0.6 is 27.5 Å².